The van der Waals surface area contributed by atoms with Gasteiger partial charge in [0.1, 0.15) is 24.1 Å². The van der Waals surface area contributed by atoms with Crippen LogP contribution in [0.5, 0.6) is 0 Å². The first-order valence-electron chi connectivity index (χ1n) is 8.07. The summed E-state index contributed by atoms with van der Waals surface area (Å²) in [5, 5.41) is 0. The zero-order valence-electron chi connectivity index (χ0n) is 15.7. The fraction of sp³-hybridized carbons (Fsp3) is 0.765. The lowest BCUT2D eigenvalue weighted by atomic mass is 10.3. The highest BCUT2D eigenvalue weighted by molar-refractivity contribution is 5.80. The molecule has 0 aliphatic heterocycles. The first-order chi connectivity index (χ1) is 10.8. The van der Waals surface area contributed by atoms with Crippen LogP contribution in [-0.4, -0.2) is 73.2 Å². The molecule has 0 rings (SSSR count). The standard InChI is InChI=1S/C14H26N2O3.C2H6.CH2O/c1-5-6-15(9-12(2)17)7-8-16(10-13(3)18)11-14(4)19;2*1-2/h5-11H2,1-4H3;1-2H3;1H2. The minimum absolute atomic E-state index is 0.0508. The molecule has 0 heterocycles. The minimum atomic E-state index is 0.0508. The van der Waals surface area contributed by atoms with Gasteiger partial charge in [0.15, 0.2) is 0 Å². The van der Waals surface area contributed by atoms with Gasteiger partial charge in [0.25, 0.3) is 0 Å². The first kappa shape index (κ1) is 26.5. The van der Waals surface area contributed by atoms with Gasteiger partial charge in [0, 0.05) is 13.1 Å². The third-order valence-electron chi connectivity index (χ3n) is 2.61. The van der Waals surface area contributed by atoms with Crippen molar-refractivity contribution in [1.82, 2.24) is 9.80 Å². The Hall–Kier alpha value is -1.40. The number of nitrogens with zero attached hydrogens (tertiary/aromatic N) is 2. The number of Topliss-reactive ketones (excluding diaryl/α,β-unsaturated/α-hetero) is 3. The summed E-state index contributed by atoms with van der Waals surface area (Å²) >= 11 is 0. The van der Waals surface area contributed by atoms with Crippen LogP contribution in [-0.2, 0) is 19.2 Å². The maximum Gasteiger partial charge on any atom is 0.143 e. The molecule has 0 aromatic rings. The summed E-state index contributed by atoms with van der Waals surface area (Å²) in [7, 11) is 0. The third kappa shape index (κ3) is 20.6. The molecule has 0 aliphatic rings. The number of hydrogen-bond donors (Lipinski definition) is 0. The average molecular weight is 330 g/mol. The molecule has 0 aromatic heterocycles. The van der Waals surface area contributed by atoms with Gasteiger partial charge < -0.3 is 4.79 Å². The van der Waals surface area contributed by atoms with Crippen molar-refractivity contribution in [1.29, 1.82) is 0 Å². The van der Waals surface area contributed by atoms with E-state index in [1.165, 1.54) is 13.8 Å². The van der Waals surface area contributed by atoms with Gasteiger partial charge in [-0.1, -0.05) is 20.8 Å². The van der Waals surface area contributed by atoms with Gasteiger partial charge in [-0.15, -0.1) is 0 Å². The molecule has 0 radical (unpaired) electrons. The molecule has 0 unspecified atom stereocenters. The van der Waals surface area contributed by atoms with Crippen molar-refractivity contribution in [2.75, 3.05) is 39.3 Å². The van der Waals surface area contributed by atoms with Crippen molar-refractivity contribution in [3.63, 3.8) is 0 Å². The van der Waals surface area contributed by atoms with Crippen molar-refractivity contribution < 1.29 is 19.2 Å². The molecule has 0 bridgehead atoms. The van der Waals surface area contributed by atoms with Crippen LogP contribution >= 0.6 is 0 Å². The van der Waals surface area contributed by atoms with Crippen LogP contribution < -0.4 is 0 Å². The van der Waals surface area contributed by atoms with Gasteiger partial charge in [-0.2, -0.15) is 0 Å². The highest BCUT2D eigenvalue weighted by Gasteiger charge is 2.13. The number of carbonyl (C=O) groups is 4. The van der Waals surface area contributed by atoms with E-state index in [0.29, 0.717) is 32.7 Å². The van der Waals surface area contributed by atoms with E-state index in [2.05, 4.69) is 11.8 Å². The second-order valence-electron chi connectivity index (χ2n) is 5.09. The number of ketones is 3. The summed E-state index contributed by atoms with van der Waals surface area (Å²) in [4.78, 5) is 45.4. The average Bonchev–Trinajstić information content (AvgIpc) is 2.47. The predicted molar refractivity (Wildman–Crippen MR) is 93.7 cm³/mol. The van der Waals surface area contributed by atoms with Gasteiger partial charge in [-0.3, -0.25) is 24.2 Å². The van der Waals surface area contributed by atoms with E-state index in [1.54, 1.807) is 6.92 Å². The first-order valence-corrected chi connectivity index (χ1v) is 8.07. The molecule has 0 saturated heterocycles. The van der Waals surface area contributed by atoms with Crippen LogP contribution in [0.25, 0.3) is 0 Å². The minimum Gasteiger partial charge on any atom is -0.307 e. The quantitative estimate of drug-likeness (QED) is 0.573. The zero-order chi connectivity index (χ0) is 18.8. The summed E-state index contributed by atoms with van der Waals surface area (Å²) in [6, 6.07) is 0. The lowest BCUT2D eigenvalue weighted by Crippen LogP contribution is -2.41. The fourth-order valence-corrected chi connectivity index (χ4v) is 2.03. The lowest BCUT2D eigenvalue weighted by molar-refractivity contribution is -0.122. The molecule has 0 saturated carbocycles. The molecule has 23 heavy (non-hydrogen) atoms. The Morgan fingerprint density at radius 3 is 1.30 bits per heavy atom. The van der Waals surface area contributed by atoms with E-state index >= 15 is 0 Å². The lowest BCUT2D eigenvalue weighted by Gasteiger charge is -2.25. The molecule has 0 fully saturated rings. The van der Waals surface area contributed by atoms with Crippen molar-refractivity contribution >= 4 is 24.1 Å². The summed E-state index contributed by atoms with van der Waals surface area (Å²) in [6.45, 7) is 15.9. The Kier molecular flexibility index (Phi) is 21.5. The highest BCUT2D eigenvalue weighted by atomic mass is 16.1. The second-order valence-corrected chi connectivity index (χ2v) is 5.09. The van der Waals surface area contributed by atoms with Crippen molar-refractivity contribution in [3.8, 4) is 0 Å². The van der Waals surface area contributed by atoms with Gasteiger partial charge in [-0.05, 0) is 33.7 Å². The summed E-state index contributed by atoms with van der Waals surface area (Å²) in [5.41, 5.74) is 0. The molecular formula is C17H34N2O4. The van der Waals surface area contributed by atoms with Crippen LogP contribution in [0.2, 0.25) is 0 Å². The molecule has 6 heteroatoms. The van der Waals surface area contributed by atoms with Gasteiger partial charge in [0.05, 0.1) is 19.6 Å². The summed E-state index contributed by atoms with van der Waals surface area (Å²) in [6.07, 6.45) is 0.979. The number of rotatable bonds is 11. The fourth-order valence-electron chi connectivity index (χ4n) is 2.03. The molecule has 0 N–H and O–H groups in total. The predicted octanol–water partition coefficient (Wildman–Crippen LogP) is 1.61. The smallest absolute Gasteiger partial charge is 0.143 e. The topological polar surface area (TPSA) is 74.8 Å². The number of hydrogen-bond acceptors (Lipinski definition) is 6. The van der Waals surface area contributed by atoms with Crippen molar-refractivity contribution in [3.05, 3.63) is 0 Å². The van der Waals surface area contributed by atoms with E-state index in [1.807, 2.05) is 25.5 Å². The summed E-state index contributed by atoms with van der Waals surface area (Å²) < 4.78 is 0. The Morgan fingerprint density at radius 1 is 0.696 bits per heavy atom. The molecule has 0 aromatic carbocycles. The van der Waals surface area contributed by atoms with E-state index in [0.717, 1.165) is 13.0 Å². The Labute approximate surface area is 141 Å². The van der Waals surface area contributed by atoms with E-state index in [4.69, 9.17) is 4.79 Å². The molecule has 6 nitrogen and oxygen atoms in total. The van der Waals surface area contributed by atoms with E-state index < -0.39 is 0 Å². The molecule has 0 aliphatic carbocycles. The summed E-state index contributed by atoms with van der Waals surface area (Å²) in [5.74, 6) is 0.239. The Bertz CT molecular complexity index is 317. The highest BCUT2D eigenvalue weighted by Crippen LogP contribution is 1.96. The monoisotopic (exact) mass is 330 g/mol. The van der Waals surface area contributed by atoms with Crippen LogP contribution in [0, 0.1) is 0 Å². The Morgan fingerprint density at radius 2 is 1.00 bits per heavy atom. The maximum absolute atomic E-state index is 11.2. The third-order valence-corrected chi connectivity index (χ3v) is 2.61. The van der Waals surface area contributed by atoms with Gasteiger partial charge in [-0.25, -0.2) is 0 Å². The molecule has 0 atom stereocenters. The SMILES string of the molecule is C=O.CC.CCCN(CCN(CC(C)=O)CC(C)=O)CC(C)=O. The van der Waals surface area contributed by atoms with Crippen molar-refractivity contribution in [2.24, 2.45) is 0 Å². The van der Waals surface area contributed by atoms with Crippen molar-refractivity contribution in [2.45, 2.75) is 48.0 Å². The second kappa shape index (κ2) is 18.6. The van der Waals surface area contributed by atoms with Crippen LogP contribution in [0.3, 0.4) is 0 Å². The maximum atomic E-state index is 11.2. The van der Waals surface area contributed by atoms with Crippen LogP contribution in [0.1, 0.15) is 48.0 Å². The molecular weight excluding hydrogens is 296 g/mol. The van der Waals surface area contributed by atoms with Crippen LogP contribution in [0.4, 0.5) is 0 Å². The Balaban J connectivity index is -0.000000919. The zero-order valence-corrected chi connectivity index (χ0v) is 15.7. The molecule has 136 valence electrons. The van der Waals surface area contributed by atoms with E-state index in [-0.39, 0.29) is 17.3 Å². The molecule has 0 amide bonds. The van der Waals surface area contributed by atoms with Crippen LogP contribution in [0.15, 0.2) is 0 Å². The normalized spacial score (nSPS) is 9.57. The van der Waals surface area contributed by atoms with E-state index in [9.17, 15) is 14.4 Å². The molecule has 0 spiro atoms. The van der Waals surface area contributed by atoms with Gasteiger partial charge in [0.2, 0.25) is 0 Å². The largest absolute Gasteiger partial charge is 0.307 e. The number of carbonyl (C=O) groups excluding carboxylic acids is 4. The van der Waals surface area contributed by atoms with Gasteiger partial charge >= 0.3 is 0 Å².